The van der Waals surface area contributed by atoms with Crippen molar-refractivity contribution < 1.29 is 0 Å². The highest BCUT2D eigenvalue weighted by atomic mass is 35.5. The van der Waals surface area contributed by atoms with Gasteiger partial charge in [0, 0.05) is 17.3 Å². The van der Waals surface area contributed by atoms with Crippen molar-refractivity contribution in [3.63, 3.8) is 0 Å². The molecule has 1 heterocycles. The topological polar surface area (TPSA) is 62.7 Å². The van der Waals surface area contributed by atoms with E-state index in [1.54, 1.807) is 6.20 Å². The zero-order chi connectivity index (χ0) is 16.9. The van der Waals surface area contributed by atoms with Crippen molar-refractivity contribution in [3.05, 3.63) is 70.4 Å². The average molecular weight is 340 g/mol. The van der Waals surface area contributed by atoms with Crippen molar-refractivity contribution in [2.24, 2.45) is 0 Å². The summed E-state index contributed by atoms with van der Waals surface area (Å²) in [5.41, 5.74) is 4.43. The summed E-state index contributed by atoms with van der Waals surface area (Å²) in [5.74, 6) is 1.12. The molecule has 0 bridgehead atoms. The smallest absolute Gasteiger partial charge is 0.249 e. The van der Waals surface area contributed by atoms with Crippen LogP contribution < -0.4 is 10.6 Å². The minimum absolute atomic E-state index is 0.459. The van der Waals surface area contributed by atoms with Crippen LogP contribution in [-0.4, -0.2) is 15.2 Å². The van der Waals surface area contributed by atoms with Crippen molar-refractivity contribution in [2.75, 3.05) is 10.6 Å². The molecule has 0 amide bonds. The fraction of sp³-hybridized carbons (Fsp3) is 0.167. The second-order valence-electron chi connectivity index (χ2n) is 5.65. The van der Waals surface area contributed by atoms with E-state index in [2.05, 4.69) is 45.7 Å². The Bertz CT molecular complexity index is 813. The SMILES string of the molecule is Cc1cc(C)cc(Nc2nncc(NCc3ccc(Cl)cc3)n2)c1. The predicted octanol–water partition coefficient (Wildman–Crippen LogP) is 4.50. The number of halogens is 1. The van der Waals surface area contributed by atoms with Gasteiger partial charge in [-0.15, -0.1) is 5.10 Å². The van der Waals surface area contributed by atoms with Crippen LogP contribution in [0.1, 0.15) is 16.7 Å². The number of aryl methyl sites for hydroxylation is 2. The van der Waals surface area contributed by atoms with E-state index in [0.29, 0.717) is 18.3 Å². The second-order valence-corrected chi connectivity index (χ2v) is 6.08. The van der Waals surface area contributed by atoms with Gasteiger partial charge in [-0.2, -0.15) is 10.1 Å². The van der Waals surface area contributed by atoms with Gasteiger partial charge in [0.05, 0.1) is 6.20 Å². The number of anilines is 3. The Morgan fingerprint density at radius 3 is 2.42 bits per heavy atom. The highest BCUT2D eigenvalue weighted by molar-refractivity contribution is 6.30. The van der Waals surface area contributed by atoms with E-state index < -0.39 is 0 Å². The van der Waals surface area contributed by atoms with Crippen LogP contribution in [0.4, 0.5) is 17.5 Å². The van der Waals surface area contributed by atoms with Gasteiger partial charge in [0.2, 0.25) is 5.95 Å². The first-order chi connectivity index (χ1) is 11.6. The molecular formula is C18H18ClN5. The van der Waals surface area contributed by atoms with Crippen LogP contribution >= 0.6 is 11.6 Å². The summed E-state index contributed by atoms with van der Waals surface area (Å²) in [5, 5.41) is 15.2. The van der Waals surface area contributed by atoms with Gasteiger partial charge in [-0.05, 0) is 54.8 Å². The minimum atomic E-state index is 0.459. The van der Waals surface area contributed by atoms with E-state index in [4.69, 9.17) is 11.6 Å². The van der Waals surface area contributed by atoms with Crippen molar-refractivity contribution >= 4 is 29.1 Å². The number of hydrogen-bond acceptors (Lipinski definition) is 5. The van der Waals surface area contributed by atoms with Crippen LogP contribution in [-0.2, 0) is 6.54 Å². The standard InChI is InChI=1S/C18H18ClN5/c1-12-7-13(2)9-16(8-12)22-18-23-17(11-21-24-18)20-10-14-3-5-15(19)6-4-14/h3-9,11H,10H2,1-2H3,(H2,20,22,23,24). The average Bonchev–Trinajstić information content (AvgIpc) is 2.54. The number of benzene rings is 2. The zero-order valence-electron chi connectivity index (χ0n) is 13.5. The van der Waals surface area contributed by atoms with Gasteiger partial charge in [-0.1, -0.05) is 29.8 Å². The van der Waals surface area contributed by atoms with Gasteiger partial charge in [0.1, 0.15) is 0 Å². The summed E-state index contributed by atoms with van der Waals surface area (Å²) < 4.78 is 0. The third-order valence-electron chi connectivity index (χ3n) is 3.42. The van der Waals surface area contributed by atoms with E-state index >= 15 is 0 Å². The first-order valence-electron chi connectivity index (χ1n) is 7.62. The van der Waals surface area contributed by atoms with Gasteiger partial charge >= 0.3 is 0 Å². The minimum Gasteiger partial charge on any atom is -0.365 e. The first-order valence-corrected chi connectivity index (χ1v) is 8.00. The molecule has 2 N–H and O–H groups in total. The Labute approximate surface area is 146 Å². The molecule has 0 spiro atoms. The van der Waals surface area contributed by atoms with E-state index in [1.807, 2.05) is 36.4 Å². The summed E-state index contributed by atoms with van der Waals surface area (Å²) in [7, 11) is 0. The van der Waals surface area contributed by atoms with E-state index in [0.717, 1.165) is 16.3 Å². The second kappa shape index (κ2) is 7.27. The number of nitrogens with one attached hydrogen (secondary N) is 2. The molecule has 0 radical (unpaired) electrons. The molecule has 0 aliphatic carbocycles. The first kappa shape index (κ1) is 16.2. The van der Waals surface area contributed by atoms with E-state index in [9.17, 15) is 0 Å². The van der Waals surface area contributed by atoms with Crippen LogP contribution in [0.15, 0.2) is 48.7 Å². The maximum absolute atomic E-state index is 5.89. The number of hydrogen-bond donors (Lipinski definition) is 2. The molecule has 5 nitrogen and oxygen atoms in total. The lowest BCUT2D eigenvalue weighted by Crippen LogP contribution is -2.05. The Morgan fingerprint density at radius 2 is 1.71 bits per heavy atom. The molecule has 24 heavy (non-hydrogen) atoms. The molecule has 6 heteroatoms. The number of aromatic nitrogens is 3. The number of rotatable bonds is 5. The molecule has 2 aromatic carbocycles. The zero-order valence-corrected chi connectivity index (χ0v) is 14.3. The molecule has 0 aliphatic heterocycles. The quantitative estimate of drug-likeness (QED) is 0.716. The predicted molar refractivity (Wildman–Crippen MR) is 97.8 cm³/mol. The third-order valence-corrected chi connectivity index (χ3v) is 3.68. The highest BCUT2D eigenvalue weighted by Gasteiger charge is 2.03. The molecule has 0 saturated carbocycles. The Hall–Kier alpha value is -2.66. The van der Waals surface area contributed by atoms with Gasteiger partial charge in [-0.3, -0.25) is 0 Å². The maximum atomic E-state index is 5.89. The fourth-order valence-electron chi connectivity index (χ4n) is 2.41. The molecule has 122 valence electrons. The van der Waals surface area contributed by atoms with Crippen LogP contribution in [0.3, 0.4) is 0 Å². The van der Waals surface area contributed by atoms with Crippen molar-refractivity contribution in [1.82, 2.24) is 15.2 Å². The van der Waals surface area contributed by atoms with Crippen molar-refractivity contribution in [1.29, 1.82) is 0 Å². The molecule has 1 aromatic heterocycles. The normalized spacial score (nSPS) is 10.5. The molecule has 0 atom stereocenters. The lowest BCUT2D eigenvalue weighted by Gasteiger charge is -2.09. The Balaban J connectivity index is 1.68. The van der Waals surface area contributed by atoms with Crippen LogP contribution in [0.25, 0.3) is 0 Å². The third kappa shape index (κ3) is 4.43. The van der Waals surface area contributed by atoms with E-state index in [-0.39, 0.29) is 0 Å². The molecule has 3 rings (SSSR count). The maximum Gasteiger partial charge on any atom is 0.249 e. The van der Waals surface area contributed by atoms with Crippen LogP contribution in [0, 0.1) is 13.8 Å². The van der Waals surface area contributed by atoms with Crippen LogP contribution in [0.5, 0.6) is 0 Å². The molecule has 0 fully saturated rings. The largest absolute Gasteiger partial charge is 0.365 e. The molecule has 0 saturated heterocycles. The summed E-state index contributed by atoms with van der Waals surface area (Å²) in [6, 6.07) is 13.9. The highest BCUT2D eigenvalue weighted by Crippen LogP contribution is 2.18. The summed E-state index contributed by atoms with van der Waals surface area (Å²) >= 11 is 5.89. The van der Waals surface area contributed by atoms with Crippen molar-refractivity contribution in [3.8, 4) is 0 Å². The monoisotopic (exact) mass is 339 g/mol. The van der Waals surface area contributed by atoms with E-state index in [1.165, 1.54) is 11.1 Å². The summed E-state index contributed by atoms with van der Waals surface area (Å²) in [6.45, 7) is 4.75. The molecular weight excluding hydrogens is 322 g/mol. The lowest BCUT2D eigenvalue weighted by atomic mass is 10.1. The van der Waals surface area contributed by atoms with Gasteiger partial charge in [-0.25, -0.2) is 0 Å². The lowest BCUT2D eigenvalue weighted by molar-refractivity contribution is 0.965. The van der Waals surface area contributed by atoms with Gasteiger partial charge < -0.3 is 10.6 Å². The van der Waals surface area contributed by atoms with Crippen molar-refractivity contribution in [2.45, 2.75) is 20.4 Å². The Morgan fingerprint density at radius 1 is 1.00 bits per heavy atom. The fourth-order valence-corrected chi connectivity index (χ4v) is 2.54. The summed E-state index contributed by atoms with van der Waals surface area (Å²) in [4.78, 5) is 4.44. The Kier molecular flexibility index (Phi) is 4.91. The molecule has 0 unspecified atom stereocenters. The molecule has 0 aliphatic rings. The molecule has 3 aromatic rings. The van der Waals surface area contributed by atoms with Gasteiger partial charge in [0.15, 0.2) is 5.82 Å². The number of nitrogens with zero attached hydrogens (tertiary/aromatic N) is 3. The van der Waals surface area contributed by atoms with Gasteiger partial charge in [0.25, 0.3) is 0 Å². The van der Waals surface area contributed by atoms with Crippen LogP contribution in [0.2, 0.25) is 5.02 Å². The summed E-state index contributed by atoms with van der Waals surface area (Å²) in [6.07, 6.45) is 1.60.